The van der Waals surface area contributed by atoms with Crippen molar-refractivity contribution in [2.75, 3.05) is 59.5 Å². The van der Waals surface area contributed by atoms with E-state index in [1.165, 1.54) is 0 Å². The Bertz CT molecular complexity index is 1020. The van der Waals surface area contributed by atoms with Crippen LogP contribution in [0, 0.1) is 0 Å². The molecule has 35 heavy (non-hydrogen) atoms. The maximum Gasteiger partial charge on any atom is 0.355 e. The van der Waals surface area contributed by atoms with Gasteiger partial charge in [-0.05, 0) is 61.9 Å². The highest BCUT2D eigenvalue weighted by atomic mass is 16.6. The first kappa shape index (κ1) is 25.2. The molecule has 2 aromatic rings. The number of nitrogens with one attached hydrogen (secondary N) is 1. The van der Waals surface area contributed by atoms with Gasteiger partial charge in [-0.3, -0.25) is 4.79 Å². The number of ketones is 1. The van der Waals surface area contributed by atoms with Gasteiger partial charge < -0.3 is 33.4 Å². The van der Waals surface area contributed by atoms with Crippen molar-refractivity contribution in [3.05, 3.63) is 46.3 Å². The summed E-state index contributed by atoms with van der Waals surface area (Å²) < 4.78 is 33.4. The Morgan fingerprint density at radius 3 is 2.00 bits per heavy atom. The molecule has 2 aliphatic rings. The number of carbonyl (C=O) groups excluding carboxylic acids is 2. The van der Waals surface area contributed by atoms with Crippen LogP contribution in [-0.4, -0.2) is 76.2 Å². The maximum absolute atomic E-state index is 13.6. The second-order valence-electron chi connectivity index (χ2n) is 8.28. The van der Waals surface area contributed by atoms with Crippen LogP contribution in [0.3, 0.4) is 0 Å². The van der Waals surface area contributed by atoms with Gasteiger partial charge in [-0.15, -0.1) is 0 Å². The molecule has 0 spiro atoms. The third kappa shape index (κ3) is 6.42. The minimum atomic E-state index is -0.422. The van der Waals surface area contributed by atoms with Gasteiger partial charge in [0.05, 0.1) is 51.9 Å². The number of hydrogen-bond donors (Lipinski definition) is 1. The minimum absolute atomic E-state index is 0.197. The van der Waals surface area contributed by atoms with Crippen LogP contribution in [0.25, 0.3) is 0 Å². The zero-order valence-corrected chi connectivity index (χ0v) is 20.2. The van der Waals surface area contributed by atoms with Crippen LogP contribution >= 0.6 is 0 Å². The van der Waals surface area contributed by atoms with Crippen LogP contribution in [0.1, 0.15) is 57.4 Å². The van der Waals surface area contributed by atoms with Crippen molar-refractivity contribution >= 4 is 11.8 Å². The van der Waals surface area contributed by atoms with Crippen molar-refractivity contribution in [3.63, 3.8) is 0 Å². The number of carbonyl (C=O) groups is 2. The lowest BCUT2D eigenvalue weighted by atomic mass is 9.90. The Balaban J connectivity index is 1.57. The zero-order chi connectivity index (χ0) is 24.5. The van der Waals surface area contributed by atoms with Gasteiger partial charge in [0.2, 0.25) is 5.78 Å². The number of benzene rings is 1. The number of rotatable bonds is 4. The molecule has 0 radical (unpaired) electrons. The molecule has 0 fully saturated rings. The standard InChI is InChI=1S/C26H33NO8/c1-2-33-26(29)24-20-6-4-3-5-19(20)23(27-24)25(28)18-7-8-21-22(17-18)35-16-14-32-12-10-30-9-11-31-13-15-34-21/h7-8,17,27H,2-6,9-16H2,1H3. The van der Waals surface area contributed by atoms with Crippen molar-refractivity contribution in [3.8, 4) is 11.5 Å². The Morgan fingerprint density at radius 2 is 1.37 bits per heavy atom. The molecular weight excluding hydrogens is 454 g/mol. The van der Waals surface area contributed by atoms with Gasteiger partial charge in [-0.1, -0.05) is 0 Å². The van der Waals surface area contributed by atoms with E-state index in [1.807, 2.05) is 0 Å². The van der Waals surface area contributed by atoms with E-state index in [9.17, 15) is 9.59 Å². The fourth-order valence-corrected chi connectivity index (χ4v) is 4.29. The van der Waals surface area contributed by atoms with Crippen LogP contribution in [0.4, 0.5) is 0 Å². The first-order valence-electron chi connectivity index (χ1n) is 12.3. The van der Waals surface area contributed by atoms with Gasteiger partial charge in [0.1, 0.15) is 18.9 Å². The number of aromatic nitrogens is 1. The summed E-state index contributed by atoms with van der Waals surface area (Å²) in [5.74, 6) is 0.361. The van der Waals surface area contributed by atoms with Gasteiger partial charge in [0, 0.05) is 5.56 Å². The molecule has 190 valence electrons. The van der Waals surface area contributed by atoms with Crippen molar-refractivity contribution in [2.24, 2.45) is 0 Å². The molecule has 1 aliphatic carbocycles. The smallest absolute Gasteiger partial charge is 0.355 e. The summed E-state index contributed by atoms with van der Waals surface area (Å²) in [7, 11) is 0. The Morgan fingerprint density at radius 1 is 0.800 bits per heavy atom. The highest BCUT2D eigenvalue weighted by molar-refractivity contribution is 6.10. The van der Waals surface area contributed by atoms with Gasteiger partial charge in [0.25, 0.3) is 0 Å². The monoisotopic (exact) mass is 487 g/mol. The van der Waals surface area contributed by atoms with Crippen LogP contribution in [-0.2, 0) is 31.8 Å². The van der Waals surface area contributed by atoms with E-state index in [0.717, 1.165) is 36.8 Å². The minimum Gasteiger partial charge on any atom is -0.487 e. The third-order valence-corrected chi connectivity index (χ3v) is 5.95. The van der Waals surface area contributed by atoms with Gasteiger partial charge in [-0.2, -0.15) is 0 Å². The highest BCUT2D eigenvalue weighted by Gasteiger charge is 2.28. The first-order valence-corrected chi connectivity index (χ1v) is 12.3. The lowest BCUT2D eigenvalue weighted by Gasteiger charge is -2.15. The normalized spacial score (nSPS) is 17.5. The molecule has 0 amide bonds. The van der Waals surface area contributed by atoms with Crippen molar-refractivity contribution in [1.29, 1.82) is 0 Å². The van der Waals surface area contributed by atoms with Crippen LogP contribution < -0.4 is 9.47 Å². The fourth-order valence-electron chi connectivity index (χ4n) is 4.29. The molecule has 0 unspecified atom stereocenters. The summed E-state index contributed by atoms with van der Waals surface area (Å²) in [5, 5.41) is 0. The Hall–Kier alpha value is -2.88. The molecule has 1 aliphatic heterocycles. The van der Waals surface area contributed by atoms with Crippen LogP contribution in [0.5, 0.6) is 11.5 Å². The Labute approximate surface area is 205 Å². The largest absolute Gasteiger partial charge is 0.487 e. The topological polar surface area (TPSA) is 105 Å². The predicted molar refractivity (Wildman–Crippen MR) is 127 cm³/mol. The van der Waals surface area contributed by atoms with Gasteiger partial charge in [-0.25, -0.2) is 4.79 Å². The van der Waals surface area contributed by atoms with E-state index >= 15 is 0 Å². The quantitative estimate of drug-likeness (QED) is 0.518. The highest BCUT2D eigenvalue weighted by Crippen LogP contribution is 2.33. The molecule has 1 aromatic heterocycles. The molecule has 1 aromatic carbocycles. The second-order valence-corrected chi connectivity index (χ2v) is 8.28. The Kier molecular flexibility index (Phi) is 9.16. The first-order chi connectivity index (χ1) is 17.2. The molecule has 9 heteroatoms. The van der Waals surface area contributed by atoms with Crippen molar-refractivity contribution in [2.45, 2.75) is 32.6 Å². The summed E-state index contributed by atoms with van der Waals surface area (Å²) >= 11 is 0. The van der Waals surface area contributed by atoms with Gasteiger partial charge >= 0.3 is 5.97 Å². The van der Waals surface area contributed by atoms with E-state index in [-0.39, 0.29) is 12.4 Å². The number of aromatic amines is 1. The summed E-state index contributed by atoms with van der Waals surface area (Å²) in [4.78, 5) is 29.1. The van der Waals surface area contributed by atoms with Crippen LogP contribution in [0.2, 0.25) is 0 Å². The number of ether oxygens (including phenoxy) is 6. The number of hydrogen-bond acceptors (Lipinski definition) is 8. The summed E-state index contributed by atoms with van der Waals surface area (Å²) in [6, 6.07) is 5.12. The molecule has 0 atom stereocenters. The van der Waals surface area contributed by atoms with Gasteiger partial charge in [0.15, 0.2) is 11.5 Å². The number of esters is 1. The second kappa shape index (κ2) is 12.7. The average Bonchev–Trinajstić information content (AvgIpc) is 3.26. The summed E-state index contributed by atoms with van der Waals surface area (Å²) in [6.45, 7) is 5.41. The maximum atomic E-state index is 13.6. The molecule has 4 rings (SSSR count). The van der Waals surface area contributed by atoms with E-state index in [2.05, 4.69) is 4.98 Å². The average molecular weight is 488 g/mol. The third-order valence-electron chi connectivity index (χ3n) is 5.95. The van der Waals surface area contributed by atoms with E-state index < -0.39 is 5.97 Å². The fraction of sp³-hybridized carbons (Fsp3) is 0.538. The summed E-state index contributed by atoms with van der Waals surface area (Å²) in [5.41, 5.74) is 3.08. The van der Waals surface area contributed by atoms with Crippen molar-refractivity contribution in [1.82, 2.24) is 4.98 Å². The summed E-state index contributed by atoms with van der Waals surface area (Å²) in [6.07, 6.45) is 3.45. The predicted octanol–water partition coefficient (Wildman–Crippen LogP) is 3.12. The molecule has 2 heterocycles. The number of fused-ring (bicyclic) bond motifs is 2. The number of H-pyrrole nitrogens is 1. The lowest BCUT2D eigenvalue weighted by Crippen LogP contribution is -2.13. The molecule has 0 saturated carbocycles. The van der Waals surface area contributed by atoms with E-state index in [1.54, 1.807) is 25.1 Å². The molecule has 0 saturated heterocycles. The molecular formula is C26H33NO8. The van der Waals surface area contributed by atoms with E-state index in [0.29, 0.717) is 81.3 Å². The molecule has 1 N–H and O–H groups in total. The van der Waals surface area contributed by atoms with Crippen LogP contribution in [0.15, 0.2) is 18.2 Å². The zero-order valence-electron chi connectivity index (χ0n) is 20.2. The SMILES string of the molecule is CCOC(=O)c1[nH]c(C(=O)c2ccc3c(c2)OCCOCCOCCOCCO3)c2c1CCCC2. The van der Waals surface area contributed by atoms with E-state index in [4.69, 9.17) is 28.4 Å². The lowest BCUT2D eigenvalue weighted by molar-refractivity contribution is 0.00708. The van der Waals surface area contributed by atoms with Crippen molar-refractivity contribution < 1.29 is 38.0 Å². The molecule has 9 nitrogen and oxygen atoms in total. The molecule has 0 bridgehead atoms.